The molecule has 0 bridgehead atoms. The van der Waals surface area contributed by atoms with Gasteiger partial charge in [-0.2, -0.15) is 0 Å². The molecule has 2 aromatic heterocycles. The van der Waals surface area contributed by atoms with E-state index >= 15 is 0 Å². The molecule has 67 heavy (non-hydrogen) atoms. The molecular formula is C62H41BN2O2. The average molecular weight is 857 g/mol. The molecule has 0 radical (unpaired) electrons. The van der Waals surface area contributed by atoms with E-state index in [1.54, 1.807) is 0 Å². The smallest absolute Gasteiger partial charge is 0.342 e. The molecule has 0 fully saturated rings. The minimum atomic E-state index is -0.297. The Balaban J connectivity index is 1.05. The summed E-state index contributed by atoms with van der Waals surface area (Å²) in [4.78, 5) is 4.97. The van der Waals surface area contributed by atoms with Crippen LogP contribution in [-0.2, 0) is 12.8 Å². The predicted molar refractivity (Wildman–Crippen MR) is 284 cm³/mol. The molecule has 4 nitrogen and oxygen atoms in total. The van der Waals surface area contributed by atoms with E-state index in [1.807, 2.05) is 0 Å². The summed E-state index contributed by atoms with van der Waals surface area (Å²) >= 11 is 0. The summed E-state index contributed by atoms with van der Waals surface area (Å²) < 4.78 is 14.5. The Hall–Kier alpha value is -8.28. The molecule has 0 saturated carbocycles. The van der Waals surface area contributed by atoms with Gasteiger partial charge >= 0.3 is 6.71 Å². The number of nitrogens with zero attached hydrogens (tertiary/aromatic N) is 2. The highest BCUT2D eigenvalue weighted by atomic mass is 16.3. The zero-order valence-corrected chi connectivity index (χ0v) is 37.1. The van der Waals surface area contributed by atoms with Gasteiger partial charge in [0.25, 0.3) is 0 Å². The first-order chi connectivity index (χ1) is 33.1. The summed E-state index contributed by atoms with van der Waals surface area (Å²) in [6, 6.07) is 69.8. The number of hydrogen-bond acceptors (Lipinski definition) is 4. The fraction of sp³-hybridized carbons (Fsp3) is 0.0645. The lowest BCUT2D eigenvalue weighted by Gasteiger charge is -2.40. The molecule has 4 heterocycles. The highest BCUT2D eigenvalue weighted by molar-refractivity contribution is 6.99. The summed E-state index contributed by atoms with van der Waals surface area (Å²) in [5.74, 6) is 0. The maximum atomic E-state index is 7.27. The number of rotatable bonds is 4. The second-order valence-electron chi connectivity index (χ2n) is 18.5. The van der Waals surface area contributed by atoms with Crippen molar-refractivity contribution in [2.24, 2.45) is 0 Å². The van der Waals surface area contributed by atoms with Gasteiger partial charge in [0.15, 0.2) is 0 Å². The maximum absolute atomic E-state index is 7.27. The van der Waals surface area contributed by atoms with Gasteiger partial charge in [0.1, 0.15) is 22.5 Å². The zero-order valence-electron chi connectivity index (χ0n) is 37.1. The van der Waals surface area contributed by atoms with E-state index in [4.69, 9.17) is 8.83 Å². The Kier molecular flexibility index (Phi) is 7.53. The van der Waals surface area contributed by atoms with Gasteiger partial charge in [0, 0.05) is 33.5 Å². The van der Waals surface area contributed by atoms with Crippen LogP contribution in [0.1, 0.15) is 25.0 Å². The second-order valence-corrected chi connectivity index (χ2v) is 18.5. The van der Waals surface area contributed by atoms with Crippen LogP contribution in [0.4, 0.5) is 34.1 Å². The van der Waals surface area contributed by atoms with Crippen molar-refractivity contribution in [2.75, 3.05) is 9.80 Å². The van der Waals surface area contributed by atoms with Crippen molar-refractivity contribution in [3.63, 3.8) is 0 Å². The highest BCUT2D eigenvalue weighted by Gasteiger charge is 2.49. The van der Waals surface area contributed by atoms with E-state index in [-0.39, 0.29) is 6.71 Å². The molecular weight excluding hydrogens is 816 g/mol. The minimum absolute atomic E-state index is 0.297. The SMILES string of the molecule is CCc1ccc2oc3c(c2c1)N(c1ccc2c4ccccc4c4ccccc4c2c1)c1cccc2c1B3c1oc3ccc(CC)cc3c1N2c1ccc2c3ccccc3c3ccccc3c2c1. The van der Waals surface area contributed by atoms with Crippen LogP contribution in [0, 0.1) is 0 Å². The molecule has 0 amide bonds. The van der Waals surface area contributed by atoms with Crippen LogP contribution in [0.15, 0.2) is 197 Å². The number of benzene rings is 11. The fourth-order valence-electron chi connectivity index (χ4n) is 12.0. The van der Waals surface area contributed by atoms with Crippen LogP contribution >= 0.6 is 0 Å². The van der Waals surface area contributed by atoms with Gasteiger partial charge in [-0.3, -0.25) is 0 Å². The third-order valence-electron chi connectivity index (χ3n) is 15.1. The second kappa shape index (κ2) is 13.6. The van der Waals surface area contributed by atoms with E-state index in [2.05, 4.69) is 212 Å². The Morgan fingerprint density at radius 2 is 0.701 bits per heavy atom. The number of hydrogen-bond donors (Lipinski definition) is 0. The summed E-state index contributed by atoms with van der Waals surface area (Å²) in [7, 11) is 0. The van der Waals surface area contributed by atoms with Gasteiger partial charge in [0.2, 0.25) is 0 Å². The first-order valence-corrected chi connectivity index (χ1v) is 23.7. The van der Waals surface area contributed by atoms with Gasteiger partial charge in [-0.25, -0.2) is 0 Å². The third-order valence-corrected chi connectivity index (χ3v) is 15.1. The quantitative estimate of drug-likeness (QED) is 0.130. The van der Waals surface area contributed by atoms with Gasteiger partial charge in [0.05, 0.1) is 11.4 Å². The molecule has 2 aliphatic rings. The largest absolute Gasteiger partial charge is 0.468 e. The van der Waals surface area contributed by atoms with Crippen LogP contribution in [0.25, 0.3) is 86.6 Å². The third kappa shape index (κ3) is 4.98. The number of aryl methyl sites for hydroxylation is 2. The maximum Gasteiger partial charge on any atom is 0.342 e. The van der Waals surface area contributed by atoms with Crippen LogP contribution in [0.2, 0.25) is 0 Å². The molecule has 0 aliphatic carbocycles. The van der Waals surface area contributed by atoms with Crippen molar-refractivity contribution in [1.29, 1.82) is 0 Å². The van der Waals surface area contributed by atoms with Crippen molar-refractivity contribution < 1.29 is 8.83 Å². The van der Waals surface area contributed by atoms with Crippen molar-refractivity contribution >= 4 is 144 Å². The van der Waals surface area contributed by atoms with Gasteiger partial charge < -0.3 is 18.6 Å². The Bertz CT molecular complexity index is 3950. The van der Waals surface area contributed by atoms with Crippen molar-refractivity contribution in [2.45, 2.75) is 26.7 Å². The van der Waals surface area contributed by atoms with Crippen LogP contribution in [0.3, 0.4) is 0 Å². The first-order valence-electron chi connectivity index (χ1n) is 23.7. The molecule has 2 aliphatic heterocycles. The van der Waals surface area contributed by atoms with E-state index < -0.39 is 0 Å². The first kappa shape index (κ1) is 37.0. The molecule has 5 heteroatoms. The molecule has 11 aromatic carbocycles. The fourth-order valence-corrected chi connectivity index (χ4v) is 12.0. The Labute approximate surface area is 386 Å². The van der Waals surface area contributed by atoms with Gasteiger partial charge in [-0.1, -0.05) is 141 Å². The molecule has 13 aromatic rings. The summed E-state index contributed by atoms with van der Waals surface area (Å²) in [6.45, 7) is 4.16. The summed E-state index contributed by atoms with van der Waals surface area (Å²) in [5.41, 5.74) is 13.8. The van der Waals surface area contributed by atoms with Gasteiger partial charge in [-0.15, -0.1) is 0 Å². The summed E-state index contributed by atoms with van der Waals surface area (Å²) in [5, 5.41) is 17.2. The van der Waals surface area contributed by atoms with E-state index in [9.17, 15) is 0 Å². The minimum Gasteiger partial charge on any atom is -0.468 e. The van der Waals surface area contributed by atoms with Crippen LogP contribution in [0.5, 0.6) is 0 Å². The zero-order chi connectivity index (χ0) is 44.1. The summed E-state index contributed by atoms with van der Waals surface area (Å²) in [6.07, 6.45) is 1.85. The topological polar surface area (TPSA) is 32.8 Å². The molecule has 0 N–H and O–H groups in total. The lowest BCUT2D eigenvalue weighted by atomic mass is 9.37. The number of fused-ring (bicyclic) bond motifs is 20. The van der Waals surface area contributed by atoms with Crippen molar-refractivity contribution in [1.82, 2.24) is 0 Å². The normalized spacial score (nSPS) is 13.3. The molecule has 0 saturated heterocycles. The average Bonchev–Trinajstić information content (AvgIpc) is 3.96. The molecule has 15 rings (SSSR count). The van der Waals surface area contributed by atoms with Crippen LogP contribution < -0.4 is 26.6 Å². The molecule has 0 atom stereocenters. The molecule has 314 valence electrons. The lowest BCUT2D eigenvalue weighted by molar-refractivity contribution is 0.637. The van der Waals surface area contributed by atoms with E-state index in [0.29, 0.717) is 0 Å². The van der Waals surface area contributed by atoms with E-state index in [0.717, 1.165) is 80.2 Å². The van der Waals surface area contributed by atoms with E-state index in [1.165, 1.54) is 81.2 Å². The predicted octanol–water partition coefficient (Wildman–Crippen LogP) is 15.3. The Morgan fingerprint density at radius 1 is 0.343 bits per heavy atom. The number of anilines is 6. The van der Waals surface area contributed by atoms with Crippen molar-refractivity contribution in [3.05, 3.63) is 199 Å². The standard InChI is InChI=1S/C62H41BN2O2/c1-3-36-24-30-56-52(32-36)59-61(66-56)63-58-54(64(59)38-26-28-48-44-18-7-5-14-40(44)42-16-9-11-20-46(42)50(48)34-38)22-13-23-55(58)65(60-53-33-37(4-2)25-31-57(53)67-62(60)63)39-27-29-49-45-19-8-6-15-41(45)43-17-10-12-21-47(43)51(49)35-39/h5-35H,3-4H2,1-2H3. The van der Waals surface area contributed by atoms with Crippen LogP contribution in [-0.4, -0.2) is 6.71 Å². The van der Waals surface area contributed by atoms with Crippen molar-refractivity contribution in [3.8, 4) is 0 Å². The molecule has 0 unspecified atom stereocenters. The van der Waals surface area contributed by atoms with Gasteiger partial charge in [-0.05, 0) is 155 Å². The number of furan rings is 2. The lowest BCUT2D eigenvalue weighted by Crippen LogP contribution is -2.60. The molecule has 0 spiro atoms. The monoisotopic (exact) mass is 856 g/mol. The highest BCUT2D eigenvalue weighted by Crippen LogP contribution is 2.50. The Morgan fingerprint density at radius 3 is 1.07 bits per heavy atom.